The lowest BCUT2D eigenvalue weighted by Crippen LogP contribution is -2.47. The number of anilines is 2. The van der Waals surface area contributed by atoms with Gasteiger partial charge in [0.25, 0.3) is 0 Å². The van der Waals surface area contributed by atoms with Crippen molar-refractivity contribution in [1.82, 2.24) is 5.32 Å². The average molecular weight is 494 g/mol. The molecule has 7 nitrogen and oxygen atoms in total. The fraction of sp³-hybridized carbons (Fsp3) is 0.296. The van der Waals surface area contributed by atoms with Crippen LogP contribution >= 0.6 is 0 Å². The smallest absolute Gasteiger partial charge is 0.243 e. The quantitative estimate of drug-likeness (QED) is 0.473. The molecule has 3 aromatic carbocycles. The normalized spacial score (nSPS) is 14.4. The Bertz CT molecular complexity index is 1220. The van der Waals surface area contributed by atoms with E-state index in [1.807, 2.05) is 42.5 Å². The molecule has 1 fully saturated rings. The highest BCUT2D eigenvalue weighted by Crippen LogP contribution is 2.27. The number of amides is 1. The fourth-order valence-electron chi connectivity index (χ4n) is 4.23. The van der Waals surface area contributed by atoms with Gasteiger partial charge in [0.15, 0.2) is 0 Å². The number of nitrogens with zero attached hydrogens (tertiary/aromatic N) is 2. The predicted molar refractivity (Wildman–Crippen MR) is 139 cm³/mol. The number of para-hydroxylation sites is 1. The van der Waals surface area contributed by atoms with Gasteiger partial charge in [-0.1, -0.05) is 30.3 Å². The number of hydrogen-bond donors (Lipinski definition) is 1. The van der Waals surface area contributed by atoms with Crippen molar-refractivity contribution in [2.24, 2.45) is 0 Å². The lowest BCUT2D eigenvalue weighted by molar-refractivity contribution is -0.122. The second kappa shape index (κ2) is 10.8. The van der Waals surface area contributed by atoms with Gasteiger partial charge in [-0.3, -0.25) is 9.10 Å². The van der Waals surface area contributed by atoms with Crippen molar-refractivity contribution in [2.75, 3.05) is 28.6 Å². The zero-order chi connectivity index (χ0) is 24.8. The molecule has 0 spiro atoms. The summed E-state index contributed by atoms with van der Waals surface area (Å²) in [5.74, 6) is 0.882. The van der Waals surface area contributed by atoms with Crippen LogP contribution in [-0.2, 0) is 21.4 Å². The zero-order valence-corrected chi connectivity index (χ0v) is 20.9. The first kappa shape index (κ1) is 24.6. The third-order valence-corrected chi connectivity index (χ3v) is 7.27. The molecule has 0 radical (unpaired) electrons. The molecule has 0 bridgehead atoms. The number of rotatable bonds is 9. The molecule has 0 unspecified atom stereocenters. The number of benzene rings is 3. The summed E-state index contributed by atoms with van der Waals surface area (Å²) in [6.45, 7) is 4.06. The van der Waals surface area contributed by atoms with Crippen LogP contribution in [0.25, 0.3) is 0 Å². The lowest BCUT2D eigenvalue weighted by atomic mass is 10.2. The summed E-state index contributed by atoms with van der Waals surface area (Å²) >= 11 is 0. The average Bonchev–Trinajstić information content (AvgIpc) is 3.39. The minimum Gasteiger partial charge on any atom is -0.457 e. The summed E-state index contributed by atoms with van der Waals surface area (Å²) in [5.41, 5.74) is 2.54. The van der Waals surface area contributed by atoms with E-state index in [4.69, 9.17) is 4.74 Å². The van der Waals surface area contributed by atoms with Gasteiger partial charge < -0.3 is 15.0 Å². The first-order valence-corrected chi connectivity index (χ1v) is 13.6. The number of ether oxygens (including phenoxy) is 1. The molecule has 1 saturated heterocycles. The van der Waals surface area contributed by atoms with E-state index in [1.165, 1.54) is 18.5 Å². The maximum absolute atomic E-state index is 12.9. The summed E-state index contributed by atoms with van der Waals surface area (Å²) in [6.07, 6.45) is 3.53. The van der Waals surface area contributed by atoms with Gasteiger partial charge >= 0.3 is 0 Å². The van der Waals surface area contributed by atoms with Crippen LogP contribution < -0.4 is 19.3 Å². The van der Waals surface area contributed by atoms with Crippen LogP contribution in [-0.4, -0.2) is 39.7 Å². The van der Waals surface area contributed by atoms with Crippen molar-refractivity contribution in [3.8, 4) is 11.5 Å². The third-order valence-electron chi connectivity index (χ3n) is 6.03. The van der Waals surface area contributed by atoms with Crippen molar-refractivity contribution < 1.29 is 17.9 Å². The molecular formula is C27H31N3O4S. The van der Waals surface area contributed by atoms with Crippen LogP contribution in [0.5, 0.6) is 11.5 Å². The van der Waals surface area contributed by atoms with Crippen LogP contribution in [0.4, 0.5) is 11.4 Å². The molecule has 1 aliphatic heterocycles. The summed E-state index contributed by atoms with van der Waals surface area (Å²) in [5, 5.41) is 2.87. The van der Waals surface area contributed by atoms with E-state index in [2.05, 4.69) is 22.3 Å². The van der Waals surface area contributed by atoms with Gasteiger partial charge in [0.2, 0.25) is 15.9 Å². The molecule has 1 atom stereocenters. The molecule has 1 heterocycles. The maximum atomic E-state index is 12.9. The SMILES string of the molecule is C[C@@H](C(=O)NCc1ccc(N2CCCC2)cc1)N(c1ccc(Oc2ccccc2)cc1)S(C)(=O)=O. The van der Waals surface area contributed by atoms with Gasteiger partial charge in [-0.2, -0.15) is 0 Å². The Balaban J connectivity index is 1.40. The van der Waals surface area contributed by atoms with Crippen molar-refractivity contribution in [1.29, 1.82) is 0 Å². The van der Waals surface area contributed by atoms with E-state index in [-0.39, 0.29) is 5.91 Å². The van der Waals surface area contributed by atoms with Crippen molar-refractivity contribution in [3.63, 3.8) is 0 Å². The lowest BCUT2D eigenvalue weighted by Gasteiger charge is -2.28. The molecule has 1 N–H and O–H groups in total. The standard InChI is InChI=1S/C27H31N3O4S/c1-21(27(31)28-20-22-10-12-23(13-11-22)29-18-6-7-19-29)30(35(2,32)33)24-14-16-26(17-15-24)34-25-8-4-3-5-9-25/h3-5,8-17,21H,6-7,18-20H2,1-2H3,(H,28,31)/t21-/m0/s1. The highest BCUT2D eigenvalue weighted by Gasteiger charge is 2.29. The van der Waals surface area contributed by atoms with E-state index in [9.17, 15) is 13.2 Å². The molecule has 184 valence electrons. The minimum absolute atomic E-state index is 0.324. The molecule has 4 rings (SSSR count). The van der Waals surface area contributed by atoms with Crippen molar-refractivity contribution >= 4 is 27.3 Å². The Labute approximate surface area is 207 Å². The first-order chi connectivity index (χ1) is 16.8. The van der Waals surface area contributed by atoms with Crippen LogP contribution in [0.2, 0.25) is 0 Å². The third kappa shape index (κ3) is 6.33. The topological polar surface area (TPSA) is 79.0 Å². The number of carbonyl (C=O) groups is 1. The fourth-order valence-corrected chi connectivity index (χ4v) is 5.41. The maximum Gasteiger partial charge on any atom is 0.243 e. The molecular weight excluding hydrogens is 462 g/mol. The van der Waals surface area contributed by atoms with Crippen molar-refractivity contribution in [2.45, 2.75) is 32.4 Å². The Morgan fingerprint density at radius 3 is 2.14 bits per heavy atom. The van der Waals surface area contributed by atoms with E-state index >= 15 is 0 Å². The summed E-state index contributed by atoms with van der Waals surface area (Å²) in [6, 6.07) is 23.2. The number of nitrogens with one attached hydrogen (secondary N) is 1. The van der Waals surface area contributed by atoms with Gasteiger partial charge in [-0.15, -0.1) is 0 Å². The van der Waals surface area contributed by atoms with Gasteiger partial charge in [-0.25, -0.2) is 8.42 Å². The van der Waals surface area contributed by atoms with Crippen LogP contribution in [0.1, 0.15) is 25.3 Å². The van der Waals surface area contributed by atoms with E-state index in [1.54, 1.807) is 31.2 Å². The second-order valence-electron chi connectivity index (χ2n) is 8.72. The Hall–Kier alpha value is -3.52. The molecule has 0 aromatic heterocycles. The van der Waals surface area contributed by atoms with Crippen LogP contribution in [0.15, 0.2) is 78.9 Å². The number of carbonyl (C=O) groups excluding carboxylic acids is 1. The predicted octanol–water partition coefficient (Wildman–Crippen LogP) is 4.55. The van der Waals surface area contributed by atoms with Crippen LogP contribution in [0.3, 0.4) is 0 Å². The monoisotopic (exact) mass is 493 g/mol. The Kier molecular flexibility index (Phi) is 7.60. The summed E-state index contributed by atoms with van der Waals surface area (Å²) in [7, 11) is -3.71. The first-order valence-electron chi connectivity index (χ1n) is 11.8. The molecule has 0 aliphatic carbocycles. The number of hydrogen-bond acceptors (Lipinski definition) is 5. The Morgan fingerprint density at radius 2 is 1.54 bits per heavy atom. The molecule has 3 aromatic rings. The number of sulfonamides is 1. The summed E-state index contributed by atoms with van der Waals surface area (Å²) < 4.78 is 32.1. The van der Waals surface area contributed by atoms with E-state index < -0.39 is 16.1 Å². The van der Waals surface area contributed by atoms with Gasteiger partial charge in [0, 0.05) is 25.3 Å². The van der Waals surface area contributed by atoms with E-state index in [0.29, 0.717) is 23.7 Å². The van der Waals surface area contributed by atoms with Crippen molar-refractivity contribution in [3.05, 3.63) is 84.4 Å². The van der Waals surface area contributed by atoms with Gasteiger partial charge in [0.05, 0.1) is 11.9 Å². The molecule has 1 aliphatic rings. The summed E-state index contributed by atoms with van der Waals surface area (Å²) in [4.78, 5) is 15.3. The second-order valence-corrected chi connectivity index (χ2v) is 10.6. The molecule has 0 saturated carbocycles. The highest BCUT2D eigenvalue weighted by molar-refractivity contribution is 7.92. The molecule has 1 amide bonds. The Morgan fingerprint density at radius 1 is 0.943 bits per heavy atom. The van der Waals surface area contributed by atoms with Gasteiger partial charge in [-0.05, 0) is 73.9 Å². The van der Waals surface area contributed by atoms with E-state index in [0.717, 1.165) is 29.2 Å². The zero-order valence-electron chi connectivity index (χ0n) is 20.1. The van der Waals surface area contributed by atoms with Gasteiger partial charge in [0.1, 0.15) is 17.5 Å². The molecule has 8 heteroatoms. The largest absolute Gasteiger partial charge is 0.457 e. The van der Waals surface area contributed by atoms with Crippen LogP contribution in [0, 0.1) is 0 Å². The highest BCUT2D eigenvalue weighted by atomic mass is 32.2. The minimum atomic E-state index is -3.71. The molecule has 35 heavy (non-hydrogen) atoms.